The number of nitrogens with zero attached hydrogens (tertiary/aromatic N) is 2. The average Bonchev–Trinajstić information content (AvgIpc) is 3.20. The maximum atomic E-state index is 13.3. The predicted molar refractivity (Wildman–Crippen MR) is 123 cm³/mol. The van der Waals surface area contributed by atoms with Gasteiger partial charge in [0.15, 0.2) is 0 Å². The molecule has 2 aromatic heterocycles. The molecular formula is C22H18BrN3O3S. The van der Waals surface area contributed by atoms with Crippen molar-refractivity contribution in [2.24, 2.45) is 0 Å². The Morgan fingerprint density at radius 3 is 2.53 bits per heavy atom. The molecule has 30 heavy (non-hydrogen) atoms. The van der Waals surface area contributed by atoms with E-state index in [9.17, 15) is 9.59 Å². The van der Waals surface area contributed by atoms with Crippen LogP contribution in [0.1, 0.15) is 13.0 Å². The van der Waals surface area contributed by atoms with Crippen molar-refractivity contribution in [3.63, 3.8) is 0 Å². The molecule has 0 bridgehead atoms. The first-order valence-electron chi connectivity index (χ1n) is 9.17. The normalized spacial score (nSPS) is 12.0. The number of rotatable bonds is 5. The summed E-state index contributed by atoms with van der Waals surface area (Å²) in [7, 11) is 1.61. The molecule has 152 valence electrons. The molecule has 1 N–H and O–H groups in total. The second kappa shape index (κ2) is 8.41. The Bertz CT molecular complexity index is 1260. The van der Waals surface area contributed by atoms with E-state index in [1.54, 1.807) is 26.2 Å². The van der Waals surface area contributed by atoms with Gasteiger partial charge in [-0.3, -0.25) is 14.2 Å². The van der Waals surface area contributed by atoms with Crippen LogP contribution < -0.4 is 15.6 Å². The molecular weight excluding hydrogens is 466 g/mol. The fourth-order valence-corrected chi connectivity index (χ4v) is 4.28. The van der Waals surface area contributed by atoms with Gasteiger partial charge in [0.1, 0.15) is 16.6 Å². The van der Waals surface area contributed by atoms with Crippen LogP contribution in [-0.2, 0) is 4.79 Å². The zero-order valence-electron chi connectivity index (χ0n) is 16.3. The van der Waals surface area contributed by atoms with Crippen LogP contribution in [0.4, 0.5) is 5.69 Å². The molecule has 4 rings (SSSR count). The largest absolute Gasteiger partial charge is 0.497 e. The highest BCUT2D eigenvalue weighted by Gasteiger charge is 2.20. The van der Waals surface area contributed by atoms with E-state index in [2.05, 4.69) is 26.2 Å². The molecule has 1 unspecified atom stereocenters. The van der Waals surface area contributed by atoms with Gasteiger partial charge in [-0.25, -0.2) is 4.98 Å². The topological polar surface area (TPSA) is 73.2 Å². The number of methoxy groups -OCH3 is 1. The summed E-state index contributed by atoms with van der Waals surface area (Å²) in [6, 6.07) is 14.0. The van der Waals surface area contributed by atoms with E-state index < -0.39 is 6.04 Å². The molecule has 4 aromatic rings. The third-order valence-electron chi connectivity index (χ3n) is 4.83. The molecule has 0 fully saturated rings. The Balaban J connectivity index is 1.69. The third-order valence-corrected chi connectivity index (χ3v) is 6.24. The lowest BCUT2D eigenvalue weighted by atomic mass is 10.1. The van der Waals surface area contributed by atoms with Crippen LogP contribution in [0, 0.1) is 0 Å². The van der Waals surface area contributed by atoms with Crippen LogP contribution in [-0.4, -0.2) is 22.6 Å². The van der Waals surface area contributed by atoms with Gasteiger partial charge in [-0.1, -0.05) is 28.1 Å². The van der Waals surface area contributed by atoms with Crippen LogP contribution >= 0.6 is 27.3 Å². The number of hydrogen-bond donors (Lipinski definition) is 1. The number of aromatic nitrogens is 2. The quantitative estimate of drug-likeness (QED) is 0.428. The molecule has 0 radical (unpaired) electrons. The van der Waals surface area contributed by atoms with E-state index in [1.807, 2.05) is 41.8 Å². The van der Waals surface area contributed by atoms with Crippen LogP contribution in [0.5, 0.6) is 5.75 Å². The average molecular weight is 484 g/mol. The Hall–Kier alpha value is -2.97. The van der Waals surface area contributed by atoms with Gasteiger partial charge >= 0.3 is 0 Å². The third kappa shape index (κ3) is 3.88. The fraction of sp³-hybridized carbons (Fsp3) is 0.136. The molecule has 0 saturated heterocycles. The summed E-state index contributed by atoms with van der Waals surface area (Å²) in [4.78, 5) is 31.1. The highest BCUT2D eigenvalue weighted by Crippen LogP contribution is 2.31. The number of thiophene rings is 1. The molecule has 1 amide bonds. The number of amides is 1. The summed E-state index contributed by atoms with van der Waals surface area (Å²) in [5.74, 6) is 0.453. The highest BCUT2D eigenvalue weighted by atomic mass is 79.9. The predicted octanol–water partition coefficient (Wildman–Crippen LogP) is 5.10. The number of carbonyl (C=O) groups excluding carboxylic acids is 1. The number of ether oxygens (including phenoxy) is 1. The van der Waals surface area contributed by atoms with Crippen LogP contribution in [0.2, 0.25) is 0 Å². The van der Waals surface area contributed by atoms with Gasteiger partial charge in [-0.15, -0.1) is 11.3 Å². The molecule has 0 saturated carbocycles. The Morgan fingerprint density at radius 1 is 1.17 bits per heavy atom. The number of carbonyl (C=O) groups is 1. The van der Waals surface area contributed by atoms with Gasteiger partial charge < -0.3 is 10.1 Å². The van der Waals surface area contributed by atoms with Crippen molar-refractivity contribution in [3.8, 4) is 16.9 Å². The summed E-state index contributed by atoms with van der Waals surface area (Å²) in [6.07, 6.45) is 1.44. The fourth-order valence-electron chi connectivity index (χ4n) is 3.11. The van der Waals surface area contributed by atoms with Crippen molar-refractivity contribution in [3.05, 3.63) is 75.1 Å². The van der Waals surface area contributed by atoms with Crippen molar-refractivity contribution in [2.45, 2.75) is 13.0 Å². The van der Waals surface area contributed by atoms with Gasteiger partial charge in [0.25, 0.3) is 5.56 Å². The van der Waals surface area contributed by atoms with Gasteiger partial charge in [0.05, 0.1) is 18.8 Å². The first-order valence-corrected chi connectivity index (χ1v) is 10.8. The number of nitrogens with one attached hydrogen (secondary N) is 1. The number of hydrogen-bond acceptors (Lipinski definition) is 5. The number of anilines is 1. The van der Waals surface area contributed by atoms with Gasteiger partial charge in [-0.2, -0.15) is 0 Å². The van der Waals surface area contributed by atoms with E-state index >= 15 is 0 Å². The summed E-state index contributed by atoms with van der Waals surface area (Å²) in [6.45, 7) is 1.68. The molecule has 0 spiro atoms. The highest BCUT2D eigenvalue weighted by molar-refractivity contribution is 9.10. The van der Waals surface area contributed by atoms with Gasteiger partial charge in [-0.05, 0) is 48.9 Å². The molecule has 0 aliphatic rings. The van der Waals surface area contributed by atoms with Gasteiger partial charge in [0, 0.05) is 21.1 Å². The summed E-state index contributed by atoms with van der Waals surface area (Å²) < 4.78 is 7.50. The zero-order chi connectivity index (χ0) is 21.3. The number of fused-ring (bicyclic) bond motifs is 1. The molecule has 2 heterocycles. The van der Waals surface area contributed by atoms with Gasteiger partial charge in [0.2, 0.25) is 5.91 Å². The lowest BCUT2D eigenvalue weighted by Gasteiger charge is -2.15. The molecule has 0 aliphatic heterocycles. The maximum absolute atomic E-state index is 13.3. The minimum absolute atomic E-state index is 0.245. The Labute approximate surface area is 185 Å². The smallest absolute Gasteiger partial charge is 0.263 e. The van der Waals surface area contributed by atoms with Crippen molar-refractivity contribution in [2.75, 3.05) is 12.4 Å². The molecule has 8 heteroatoms. The lowest BCUT2D eigenvalue weighted by Crippen LogP contribution is -2.31. The van der Waals surface area contributed by atoms with E-state index in [0.717, 1.165) is 21.3 Å². The van der Waals surface area contributed by atoms with Crippen molar-refractivity contribution >= 4 is 49.1 Å². The van der Waals surface area contributed by atoms with Crippen LogP contribution in [0.15, 0.2) is 69.5 Å². The van der Waals surface area contributed by atoms with E-state index in [-0.39, 0.29) is 11.5 Å². The van der Waals surface area contributed by atoms with E-state index in [0.29, 0.717) is 15.9 Å². The maximum Gasteiger partial charge on any atom is 0.263 e. The molecule has 1 atom stereocenters. The van der Waals surface area contributed by atoms with E-state index in [4.69, 9.17) is 4.74 Å². The lowest BCUT2D eigenvalue weighted by molar-refractivity contribution is -0.118. The standard InChI is InChI=1S/C22H18BrN3O3S/c1-13(20(27)25-16-7-5-15(23)6-8-16)26-12-24-21-19(22(26)28)18(11-30-21)14-3-9-17(29-2)10-4-14/h3-13H,1-2H3,(H,25,27). The number of benzene rings is 2. The summed E-state index contributed by atoms with van der Waals surface area (Å²) in [5.41, 5.74) is 2.10. The SMILES string of the molecule is COc1ccc(-c2csc3ncn(C(C)C(=O)Nc4ccc(Br)cc4)c(=O)c23)cc1. The second-order valence-corrected chi connectivity index (χ2v) is 8.46. The summed E-state index contributed by atoms with van der Waals surface area (Å²) in [5, 5.41) is 5.26. The second-order valence-electron chi connectivity index (χ2n) is 6.69. The Kier molecular flexibility index (Phi) is 5.69. The first kappa shape index (κ1) is 20.3. The molecule has 6 nitrogen and oxygen atoms in total. The number of halogens is 1. The first-order chi connectivity index (χ1) is 14.5. The van der Waals surface area contributed by atoms with Crippen molar-refractivity contribution in [1.82, 2.24) is 9.55 Å². The van der Waals surface area contributed by atoms with Crippen LogP contribution in [0.25, 0.3) is 21.3 Å². The van der Waals surface area contributed by atoms with Crippen LogP contribution in [0.3, 0.4) is 0 Å². The molecule has 2 aromatic carbocycles. The molecule has 0 aliphatic carbocycles. The van der Waals surface area contributed by atoms with Crippen molar-refractivity contribution in [1.29, 1.82) is 0 Å². The van der Waals surface area contributed by atoms with E-state index in [1.165, 1.54) is 22.2 Å². The minimum Gasteiger partial charge on any atom is -0.497 e. The minimum atomic E-state index is -0.721. The van der Waals surface area contributed by atoms with Crippen molar-refractivity contribution < 1.29 is 9.53 Å². The zero-order valence-corrected chi connectivity index (χ0v) is 18.7. The summed E-state index contributed by atoms with van der Waals surface area (Å²) >= 11 is 4.77. The monoisotopic (exact) mass is 483 g/mol. The Morgan fingerprint density at radius 2 is 1.87 bits per heavy atom.